The van der Waals surface area contributed by atoms with Crippen LogP contribution in [0.15, 0.2) is 30.4 Å². The number of benzene rings is 2. The van der Waals surface area contributed by atoms with E-state index in [1.807, 2.05) is 0 Å². The van der Waals surface area contributed by atoms with Crippen molar-refractivity contribution in [2.75, 3.05) is 25.5 Å². The summed E-state index contributed by atoms with van der Waals surface area (Å²) >= 11 is 0. The number of rotatable bonds is 5. The summed E-state index contributed by atoms with van der Waals surface area (Å²) in [7, 11) is 1.62. The molecule has 0 saturated carbocycles. The maximum atomic E-state index is 13.4. The van der Waals surface area contributed by atoms with Gasteiger partial charge in [-0.2, -0.15) is 0 Å². The number of phenolic OH excluding ortho intramolecular Hbond substituents is 2. The molecule has 1 heterocycles. The maximum absolute atomic E-state index is 13.4. The van der Waals surface area contributed by atoms with Gasteiger partial charge in [-0.3, -0.25) is 28.9 Å². The largest absolute Gasteiger partial charge is 0.507 e. The Kier molecular flexibility index (Phi) is 5.58. The van der Waals surface area contributed by atoms with E-state index in [2.05, 4.69) is 10.6 Å². The van der Waals surface area contributed by atoms with Crippen LogP contribution in [0.3, 0.4) is 0 Å². The highest BCUT2D eigenvalue weighted by molar-refractivity contribution is 6.32. The number of anilines is 1. The molecule has 1 aliphatic heterocycles. The number of imide groups is 1. The zero-order valence-electron chi connectivity index (χ0n) is 19.4. The van der Waals surface area contributed by atoms with Crippen molar-refractivity contribution in [2.24, 2.45) is 5.92 Å². The van der Waals surface area contributed by atoms with E-state index in [0.29, 0.717) is 17.7 Å². The summed E-state index contributed by atoms with van der Waals surface area (Å²) in [5, 5.41) is 27.7. The van der Waals surface area contributed by atoms with Gasteiger partial charge >= 0.3 is 0 Å². The van der Waals surface area contributed by atoms with Crippen LogP contribution in [-0.4, -0.2) is 64.5 Å². The standard InChI is InChI=1S/C26H23N3O7/c1-27-16-4-2-3-14-19(16)25(35)21-20(23(14)33)24(34)15-11-12(5-6-13(15)22(21)32)26(36)28-9-10-29-17(30)7-8-18(29)31/h2-4,7-8,12,27,32,34H,5-6,9-11H2,1H3,(H,28,36)/t12-/m0/s1. The molecule has 0 spiro atoms. The van der Waals surface area contributed by atoms with Crippen molar-refractivity contribution in [3.63, 3.8) is 0 Å². The third-order valence-corrected chi connectivity index (χ3v) is 7.02. The molecule has 2 aromatic carbocycles. The number of phenols is 2. The topological polar surface area (TPSA) is 153 Å². The summed E-state index contributed by atoms with van der Waals surface area (Å²) in [6.07, 6.45) is 2.95. The average molecular weight is 489 g/mol. The Morgan fingerprint density at radius 3 is 2.33 bits per heavy atom. The average Bonchev–Trinajstić information content (AvgIpc) is 3.20. The highest BCUT2D eigenvalue weighted by Gasteiger charge is 2.40. The van der Waals surface area contributed by atoms with Gasteiger partial charge in [-0.05, 0) is 25.3 Å². The summed E-state index contributed by atoms with van der Waals surface area (Å²) in [6, 6.07) is 4.77. The van der Waals surface area contributed by atoms with Crippen LogP contribution < -0.4 is 10.6 Å². The van der Waals surface area contributed by atoms with Crippen molar-refractivity contribution < 1.29 is 34.2 Å². The molecule has 184 valence electrons. The molecule has 5 rings (SSSR count). The van der Waals surface area contributed by atoms with E-state index >= 15 is 0 Å². The van der Waals surface area contributed by atoms with Crippen LogP contribution in [0.25, 0.3) is 0 Å². The van der Waals surface area contributed by atoms with Crippen molar-refractivity contribution in [2.45, 2.75) is 19.3 Å². The molecule has 0 fully saturated rings. The molecule has 2 aliphatic carbocycles. The minimum absolute atomic E-state index is 0.0316. The Labute approximate surface area is 205 Å². The molecular formula is C26H23N3O7. The highest BCUT2D eigenvalue weighted by Crippen LogP contribution is 2.47. The predicted molar refractivity (Wildman–Crippen MR) is 127 cm³/mol. The first-order valence-electron chi connectivity index (χ1n) is 11.6. The molecule has 2 aromatic rings. The zero-order chi connectivity index (χ0) is 25.7. The van der Waals surface area contributed by atoms with Gasteiger partial charge in [0.1, 0.15) is 11.5 Å². The highest BCUT2D eigenvalue weighted by atomic mass is 16.3. The number of nitrogens with one attached hydrogen (secondary N) is 2. The van der Waals surface area contributed by atoms with Gasteiger partial charge in [-0.15, -0.1) is 0 Å². The van der Waals surface area contributed by atoms with Gasteiger partial charge in [0.25, 0.3) is 11.8 Å². The van der Waals surface area contributed by atoms with Crippen molar-refractivity contribution >= 4 is 35.0 Å². The molecule has 0 aromatic heterocycles. The number of nitrogens with zero attached hydrogens (tertiary/aromatic N) is 1. The SMILES string of the molecule is CNc1cccc2c1C(=O)c1c(O)c3c(c(O)c1C2=O)C[C@@H](C(=O)NCCN1C(=O)C=CC1=O)CC3. The molecule has 0 saturated heterocycles. The van der Waals surface area contributed by atoms with Gasteiger partial charge in [0, 0.05) is 60.6 Å². The molecule has 36 heavy (non-hydrogen) atoms. The molecule has 0 unspecified atom stereocenters. The first kappa shape index (κ1) is 23.3. The minimum atomic E-state index is -0.576. The van der Waals surface area contributed by atoms with E-state index < -0.39 is 35.0 Å². The van der Waals surface area contributed by atoms with E-state index in [-0.39, 0.29) is 65.4 Å². The summed E-state index contributed by atoms with van der Waals surface area (Å²) in [6.45, 7) is 0.101. The summed E-state index contributed by atoms with van der Waals surface area (Å²) < 4.78 is 0. The summed E-state index contributed by atoms with van der Waals surface area (Å²) in [4.78, 5) is 63.8. The smallest absolute Gasteiger partial charge is 0.253 e. The molecule has 3 aliphatic rings. The second kappa shape index (κ2) is 8.63. The fourth-order valence-corrected chi connectivity index (χ4v) is 5.19. The van der Waals surface area contributed by atoms with Gasteiger partial charge in [0.15, 0.2) is 11.6 Å². The zero-order valence-corrected chi connectivity index (χ0v) is 19.4. The lowest BCUT2D eigenvalue weighted by Gasteiger charge is -2.29. The lowest BCUT2D eigenvalue weighted by Crippen LogP contribution is -2.41. The van der Waals surface area contributed by atoms with Gasteiger partial charge in [-0.25, -0.2) is 0 Å². The van der Waals surface area contributed by atoms with E-state index in [9.17, 15) is 34.2 Å². The number of aromatic hydroxyl groups is 2. The third-order valence-electron chi connectivity index (χ3n) is 7.02. The minimum Gasteiger partial charge on any atom is -0.507 e. The van der Waals surface area contributed by atoms with E-state index in [0.717, 1.165) is 4.90 Å². The summed E-state index contributed by atoms with van der Waals surface area (Å²) in [5.74, 6) is -3.65. The Bertz CT molecular complexity index is 1390. The number of amides is 3. The van der Waals surface area contributed by atoms with E-state index in [4.69, 9.17) is 0 Å². The van der Waals surface area contributed by atoms with Gasteiger partial charge in [0.05, 0.1) is 16.7 Å². The normalized spacial score (nSPS) is 18.1. The van der Waals surface area contributed by atoms with Gasteiger partial charge < -0.3 is 20.8 Å². The molecule has 0 bridgehead atoms. The molecule has 10 nitrogen and oxygen atoms in total. The van der Waals surface area contributed by atoms with Crippen LogP contribution in [0.4, 0.5) is 5.69 Å². The van der Waals surface area contributed by atoms with Crippen LogP contribution in [-0.2, 0) is 27.2 Å². The Hall–Kier alpha value is -4.47. The Balaban J connectivity index is 1.40. The number of carbonyl (C=O) groups is 5. The fraction of sp³-hybridized carbons (Fsp3) is 0.269. The number of fused-ring (bicyclic) bond motifs is 3. The second-order valence-electron chi connectivity index (χ2n) is 8.93. The van der Waals surface area contributed by atoms with Crippen molar-refractivity contribution in [1.82, 2.24) is 10.2 Å². The molecule has 10 heteroatoms. The predicted octanol–water partition coefficient (Wildman–Crippen LogP) is 1.06. The molecular weight excluding hydrogens is 466 g/mol. The Morgan fingerprint density at radius 1 is 0.972 bits per heavy atom. The first-order chi connectivity index (χ1) is 17.2. The van der Waals surface area contributed by atoms with Crippen LogP contribution >= 0.6 is 0 Å². The van der Waals surface area contributed by atoms with Crippen LogP contribution in [0.5, 0.6) is 11.5 Å². The van der Waals surface area contributed by atoms with Crippen molar-refractivity contribution in [3.8, 4) is 11.5 Å². The first-order valence-corrected chi connectivity index (χ1v) is 11.6. The number of ketones is 2. The molecule has 1 atom stereocenters. The van der Waals surface area contributed by atoms with Crippen LogP contribution in [0.1, 0.15) is 49.4 Å². The Morgan fingerprint density at radius 2 is 1.64 bits per heavy atom. The monoisotopic (exact) mass is 489 g/mol. The second-order valence-corrected chi connectivity index (χ2v) is 8.93. The third kappa shape index (κ3) is 3.44. The molecule has 4 N–H and O–H groups in total. The van der Waals surface area contributed by atoms with Crippen molar-refractivity contribution in [1.29, 1.82) is 0 Å². The van der Waals surface area contributed by atoms with E-state index in [1.54, 1.807) is 19.2 Å². The van der Waals surface area contributed by atoms with Gasteiger partial charge in [-0.1, -0.05) is 12.1 Å². The number of hydrogen-bond donors (Lipinski definition) is 4. The molecule has 3 amide bonds. The lowest BCUT2D eigenvalue weighted by atomic mass is 9.75. The van der Waals surface area contributed by atoms with E-state index in [1.165, 1.54) is 18.2 Å². The number of hydrogen-bond acceptors (Lipinski definition) is 8. The van der Waals surface area contributed by atoms with Gasteiger partial charge in [0.2, 0.25) is 5.91 Å². The summed E-state index contributed by atoms with van der Waals surface area (Å²) in [5.41, 5.74) is 0.852. The number of carbonyl (C=O) groups excluding carboxylic acids is 5. The fourth-order valence-electron chi connectivity index (χ4n) is 5.19. The maximum Gasteiger partial charge on any atom is 0.253 e. The lowest BCUT2D eigenvalue weighted by molar-refractivity contribution is -0.137. The van der Waals surface area contributed by atoms with Crippen LogP contribution in [0.2, 0.25) is 0 Å². The van der Waals surface area contributed by atoms with Crippen LogP contribution in [0, 0.1) is 5.92 Å². The van der Waals surface area contributed by atoms with Crippen molar-refractivity contribution in [3.05, 3.63) is 63.7 Å². The quantitative estimate of drug-likeness (QED) is 0.307. The molecule has 0 radical (unpaired) electrons.